The fourth-order valence-electron chi connectivity index (χ4n) is 3.64. The molecule has 0 N–H and O–H groups in total. The van der Waals surface area contributed by atoms with E-state index >= 15 is 0 Å². The molecule has 152 valence electrons. The van der Waals surface area contributed by atoms with Crippen molar-refractivity contribution in [3.8, 4) is 5.88 Å². The van der Waals surface area contributed by atoms with E-state index in [4.69, 9.17) is 9.47 Å². The lowest BCUT2D eigenvalue weighted by Gasteiger charge is -2.17. The first-order valence-corrected chi connectivity index (χ1v) is 11.3. The summed E-state index contributed by atoms with van der Waals surface area (Å²) in [5.74, 6) is 1.55. The first-order chi connectivity index (χ1) is 14.2. The van der Waals surface area contributed by atoms with Crippen LogP contribution in [0.4, 0.5) is 0 Å². The minimum Gasteiger partial charge on any atom is -0.492 e. The molecule has 0 bridgehead atoms. The van der Waals surface area contributed by atoms with E-state index in [0.29, 0.717) is 12.5 Å². The Morgan fingerprint density at radius 2 is 2.00 bits per heavy atom. The van der Waals surface area contributed by atoms with Crippen molar-refractivity contribution in [2.45, 2.75) is 58.5 Å². The monoisotopic (exact) mass is 408 g/mol. The Kier molecular flexibility index (Phi) is 6.45. The van der Waals surface area contributed by atoms with E-state index < -0.39 is 0 Å². The molecule has 2 aromatic heterocycles. The van der Waals surface area contributed by atoms with Crippen molar-refractivity contribution >= 4 is 21.6 Å². The van der Waals surface area contributed by atoms with Gasteiger partial charge in [-0.15, -0.1) is 11.3 Å². The maximum absolute atomic E-state index is 6.20. The predicted octanol–water partition coefficient (Wildman–Crippen LogP) is 5.89. The molecule has 4 rings (SSSR count). The van der Waals surface area contributed by atoms with Gasteiger partial charge in [0.25, 0.3) is 0 Å². The molecule has 29 heavy (non-hydrogen) atoms. The summed E-state index contributed by atoms with van der Waals surface area (Å²) in [5.41, 5.74) is 2.65. The Morgan fingerprint density at radius 3 is 2.83 bits per heavy atom. The zero-order valence-electron chi connectivity index (χ0n) is 17.2. The highest BCUT2D eigenvalue weighted by Crippen LogP contribution is 2.39. The van der Waals surface area contributed by atoms with Crippen LogP contribution in [0, 0.1) is 0 Å². The maximum atomic E-state index is 6.20. The standard InChI is InChI=1S/C24H28N2O2S/c1-3-17(2)28-19(14-13-18-9-5-4-6-10-18)15-27-23-22-20-11-7-8-12-21(20)29-24(22)26-16-25-23/h4-6,9-10,14,16-17H,3,7-8,11-13,15H2,1-2H3. The molecule has 1 aliphatic rings. The number of aromatic nitrogens is 2. The Balaban J connectivity index is 1.54. The Morgan fingerprint density at radius 1 is 1.17 bits per heavy atom. The van der Waals surface area contributed by atoms with E-state index in [2.05, 4.69) is 54.2 Å². The normalized spacial score (nSPS) is 15.2. The molecule has 0 saturated carbocycles. The second-order valence-electron chi connectivity index (χ2n) is 7.56. The summed E-state index contributed by atoms with van der Waals surface area (Å²) < 4.78 is 12.3. The molecule has 0 amide bonds. The third-order valence-corrected chi connectivity index (χ3v) is 6.60. The second kappa shape index (κ2) is 9.40. The minimum absolute atomic E-state index is 0.153. The molecule has 1 aromatic carbocycles. The van der Waals surface area contributed by atoms with E-state index in [1.165, 1.54) is 28.8 Å². The van der Waals surface area contributed by atoms with Crippen LogP contribution in [0.3, 0.4) is 0 Å². The summed E-state index contributed by atoms with van der Waals surface area (Å²) >= 11 is 1.79. The summed E-state index contributed by atoms with van der Waals surface area (Å²) in [6, 6.07) is 10.4. The Hall–Kier alpha value is -2.40. The van der Waals surface area contributed by atoms with E-state index in [-0.39, 0.29) is 6.10 Å². The number of hydrogen-bond donors (Lipinski definition) is 0. The van der Waals surface area contributed by atoms with Crippen LogP contribution in [-0.2, 0) is 24.0 Å². The number of benzene rings is 1. The fourth-order valence-corrected chi connectivity index (χ4v) is 4.86. The number of nitrogens with zero attached hydrogens (tertiary/aromatic N) is 2. The van der Waals surface area contributed by atoms with Gasteiger partial charge in [0, 0.05) is 4.88 Å². The van der Waals surface area contributed by atoms with E-state index in [9.17, 15) is 0 Å². The zero-order chi connectivity index (χ0) is 20.1. The third-order valence-electron chi connectivity index (χ3n) is 5.40. The molecule has 3 aromatic rings. The van der Waals surface area contributed by atoms with Crippen LogP contribution in [0.1, 0.15) is 49.1 Å². The number of ether oxygens (including phenoxy) is 2. The van der Waals surface area contributed by atoms with Crippen molar-refractivity contribution in [1.82, 2.24) is 9.97 Å². The number of aryl methyl sites for hydroxylation is 2. The lowest BCUT2D eigenvalue weighted by atomic mass is 9.97. The molecule has 1 unspecified atom stereocenters. The summed E-state index contributed by atoms with van der Waals surface area (Å²) in [6.45, 7) is 4.61. The second-order valence-corrected chi connectivity index (χ2v) is 8.64. The first-order valence-electron chi connectivity index (χ1n) is 10.5. The smallest absolute Gasteiger partial charge is 0.226 e. The van der Waals surface area contributed by atoms with Gasteiger partial charge in [0.2, 0.25) is 5.88 Å². The predicted molar refractivity (Wildman–Crippen MR) is 119 cm³/mol. The van der Waals surface area contributed by atoms with Gasteiger partial charge in [-0.1, -0.05) is 37.3 Å². The van der Waals surface area contributed by atoms with Gasteiger partial charge in [0.15, 0.2) is 0 Å². The van der Waals surface area contributed by atoms with Gasteiger partial charge in [-0.25, -0.2) is 9.97 Å². The largest absolute Gasteiger partial charge is 0.492 e. The quantitative estimate of drug-likeness (QED) is 0.436. The van der Waals surface area contributed by atoms with Crippen LogP contribution in [0.2, 0.25) is 0 Å². The fraction of sp³-hybridized carbons (Fsp3) is 0.417. The van der Waals surface area contributed by atoms with Crippen LogP contribution in [0.5, 0.6) is 5.88 Å². The number of fused-ring (bicyclic) bond motifs is 3. The summed E-state index contributed by atoms with van der Waals surface area (Å²) in [6.07, 6.45) is 10.4. The molecule has 4 nitrogen and oxygen atoms in total. The summed E-state index contributed by atoms with van der Waals surface area (Å²) in [5, 5.41) is 1.11. The molecule has 0 fully saturated rings. The minimum atomic E-state index is 0.153. The lowest BCUT2D eigenvalue weighted by molar-refractivity contribution is 0.102. The molecular formula is C24H28N2O2S. The number of rotatable bonds is 8. The van der Waals surface area contributed by atoms with Crippen LogP contribution < -0.4 is 4.74 Å². The number of hydrogen-bond acceptors (Lipinski definition) is 5. The molecule has 0 radical (unpaired) electrons. The summed E-state index contributed by atoms with van der Waals surface area (Å²) in [4.78, 5) is 11.5. The zero-order valence-corrected chi connectivity index (χ0v) is 18.0. The molecule has 1 atom stereocenters. The van der Waals surface area contributed by atoms with E-state index in [1.807, 2.05) is 6.07 Å². The Labute approximate surface area is 176 Å². The molecule has 2 heterocycles. The molecule has 0 aliphatic heterocycles. The SMILES string of the molecule is CCC(C)OC(=CCc1ccccc1)COc1ncnc2sc3c(c12)CCCC3. The van der Waals surface area contributed by atoms with Crippen molar-refractivity contribution < 1.29 is 9.47 Å². The van der Waals surface area contributed by atoms with Crippen LogP contribution >= 0.6 is 11.3 Å². The summed E-state index contributed by atoms with van der Waals surface area (Å²) in [7, 11) is 0. The van der Waals surface area contributed by atoms with Crippen molar-refractivity contribution in [3.63, 3.8) is 0 Å². The number of allylic oxidation sites excluding steroid dienone is 1. The van der Waals surface area contributed by atoms with Crippen molar-refractivity contribution in [2.24, 2.45) is 0 Å². The van der Waals surface area contributed by atoms with Crippen LogP contribution in [-0.4, -0.2) is 22.7 Å². The average Bonchev–Trinajstić information content (AvgIpc) is 3.15. The average molecular weight is 409 g/mol. The van der Waals surface area contributed by atoms with Gasteiger partial charge in [0.1, 0.15) is 23.5 Å². The van der Waals surface area contributed by atoms with Crippen LogP contribution in [0.25, 0.3) is 10.2 Å². The topological polar surface area (TPSA) is 44.2 Å². The molecule has 5 heteroatoms. The van der Waals surface area contributed by atoms with Crippen molar-refractivity contribution in [2.75, 3.05) is 6.61 Å². The first kappa shape index (κ1) is 19.9. The van der Waals surface area contributed by atoms with Crippen LogP contribution in [0.15, 0.2) is 48.5 Å². The molecule has 0 spiro atoms. The van der Waals surface area contributed by atoms with Crippen molar-refractivity contribution in [1.29, 1.82) is 0 Å². The van der Waals surface area contributed by atoms with Gasteiger partial charge >= 0.3 is 0 Å². The van der Waals surface area contributed by atoms with E-state index in [1.54, 1.807) is 17.7 Å². The number of thiophene rings is 1. The van der Waals surface area contributed by atoms with Gasteiger partial charge in [-0.05, 0) is 62.7 Å². The third kappa shape index (κ3) is 4.78. The van der Waals surface area contributed by atoms with Gasteiger partial charge < -0.3 is 9.47 Å². The Bertz CT molecular complexity index is 981. The van der Waals surface area contributed by atoms with Gasteiger partial charge in [-0.3, -0.25) is 0 Å². The highest BCUT2D eigenvalue weighted by Gasteiger charge is 2.21. The van der Waals surface area contributed by atoms with E-state index in [0.717, 1.165) is 41.7 Å². The van der Waals surface area contributed by atoms with Gasteiger partial charge in [-0.2, -0.15) is 0 Å². The highest BCUT2D eigenvalue weighted by atomic mass is 32.1. The molecular weight excluding hydrogens is 380 g/mol. The molecule has 1 aliphatic carbocycles. The lowest BCUT2D eigenvalue weighted by Crippen LogP contribution is -2.13. The maximum Gasteiger partial charge on any atom is 0.226 e. The highest BCUT2D eigenvalue weighted by molar-refractivity contribution is 7.18. The van der Waals surface area contributed by atoms with Gasteiger partial charge in [0.05, 0.1) is 11.5 Å². The van der Waals surface area contributed by atoms with Crippen molar-refractivity contribution in [3.05, 3.63) is 64.5 Å². The molecule has 0 saturated heterocycles.